The maximum Gasteiger partial charge on any atom is 0.259 e. The van der Waals surface area contributed by atoms with Crippen LogP contribution in [0.1, 0.15) is 15.9 Å². The summed E-state index contributed by atoms with van der Waals surface area (Å²) in [6.07, 6.45) is 2.02. The van der Waals surface area contributed by atoms with Gasteiger partial charge >= 0.3 is 0 Å². The van der Waals surface area contributed by atoms with Crippen LogP contribution in [0.3, 0.4) is 0 Å². The summed E-state index contributed by atoms with van der Waals surface area (Å²) in [5.74, 6) is 0.901. The minimum atomic E-state index is -0.0965. The Bertz CT molecular complexity index is 899. The van der Waals surface area contributed by atoms with Gasteiger partial charge in [0.1, 0.15) is 17.9 Å². The average Bonchev–Trinajstić information content (AvgIpc) is 3.30. The molecule has 3 rings (SSSR count). The van der Waals surface area contributed by atoms with E-state index in [1.165, 1.54) is 7.11 Å². The second-order valence-electron chi connectivity index (χ2n) is 6.97. The highest BCUT2D eigenvalue weighted by atomic mass is 35.5. The first kappa shape index (κ1) is 21.0. The van der Waals surface area contributed by atoms with Crippen molar-refractivity contribution in [2.45, 2.75) is 6.42 Å². The number of fused-ring (bicyclic) bond motifs is 1. The average molecular weight is 421 g/mol. The molecule has 0 spiro atoms. The standard InChI is InChI=1S/C20H25ClN4O4/c1-24(6-7-25(2)20(27)14-4-5-22-19(14)28-3)8-9-29-17-10-13-11-18(26)23-16(13)12-15(17)21/h4-5,10,12,22H,6-9,11H2,1-3H3,(H,23,26). The summed E-state index contributed by atoms with van der Waals surface area (Å²) >= 11 is 6.24. The van der Waals surface area contributed by atoms with Crippen molar-refractivity contribution in [1.29, 1.82) is 0 Å². The first-order valence-electron chi connectivity index (χ1n) is 9.29. The van der Waals surface area contributed by atoms with Crippen molar-refractivity contribution in [3.8, 4) is 11.6 Å². The summed E-state index contributed by atoms with van der Waals surface area (Å²) in [6, 6.07) is 5.24. The Morgan fingerprint density at radius 3 is 2.79 bits per heavy atom. The number of methoxy groups -OCH3 is 1. The highest BCUT2D eigenvalue weighted by Crippen LogP contribution is 2.34. The van der Waals surface area contributed by atoms with E-state index in [9.17, 15) is 9.59 Å². The van der Waals surface area contributed by atoms with Crippen LogP contribution in [0, 0.1) is 0 Å². The van der Waals surface area contributed by atoms with Crippen LogP contribution in [0.4, 0.5) is 5.69 Å². The van der Waals surface area contributed by atoms with Crippen LogP contribution in [-0.4, -0.2) is 74.0 Å². The quantitative estimate of drug-likeness (QED) is 0.649. The van der Waals surface area contributed by atoms with E-state index in [0.717, 1.165) is 11.3 Å². The predicted octanol–water partition coefficient (Wildman–Crippen LogP) is 2.25. The maximum absolute atomic E-state index is 12.5. The topological polar surface area (TPSA) is 86.9 Å². The molecule has 1 aliphatic heterocycles. The highest BCUT2D eigenvalue weighted by Gasteiger charge is 2.20. The number of carbonyl (C=O) groups is 2. The SMILES string of the molecule is COc1[nH]ccc1C(=O)N(C)CCN(C)CCOc1cc2c(cc1Cl)NC(=O)C2. The molecule has 29 heavy (non-hydrogen) atoms. The fourth-order valence-corrected chi connectivity index (χ4v) is 3.30. The first-order valence-corrected chi connectivity index (χ1v) is 9.67. The summed E-state index contributed by atoms with van der Waals surface area (Å²) in [5, 5.41) is 3.24. The van der Waals surface area contributed by atoms with Crippen molar-refractivity contribution in [3.05, 3.63) is 40.5 Å². The molecule has 2 aromatic rings. The molecule has 1 aliphatic rings. The summed E-state index contributed by atoms with van der Waals surface area (Å²) in [7, 11) is 5.25. The minimum Gasteiger partial charge on any atom is -0.491 e. The largest absolute Gasteiger partial charge is 0.491 e. The number of anilines is 1. The van der Waals surface area contributed by atoms with Gasteiger partial charge in [0.2, 0.25) is 11.8 Å². The molecule has 0 saturated heterocycles. The van der Waals surface area contributed by atoms with E-state index in [1.807, 2.05) is 13.1 Å². The van der Waals surface area contributed by atoms with Crippen molar-refractivity contribution >= 4 is 29.1 Å². The third-order valence-electron chi connectivity index (χ3n) is 4.82. The third-order valence-corrected chi connectivity index (χ3v) is 5.12. The molecular formula is C20H25ClN4O4. The second kappa shape index (κ2) is 9.19. The number of rotatable bonds is 9. The van der Waals surface area contributed by atoms with Crippen LogP contribution >= 0.6 is 11.6 Å². The van der Waals surface area contributed by atoms with E-state index in [2.05, 4.69) is 15.2 Å². The number of ether oxygens (including phenoxy) is 2. The van der Waals surface area contributed by atoms with Gasteiger partial charge in [-0.3, -0.25) is 9.59 Å². The Balaban J connectivity index is 1.44. The fourth-order valence-electron chi connectivity index (χ4n) is 3.08. The van der Waals surface area contributed by atoms with Gasteiger partial charge in [-0.25, -0.2) is 0 Å². The van der Waals surface area contributed by atoms with Crippen LogP contribution < -0.4 is 14.8 Å². The Morgan fingerprint density at radius 2 is 2.03 bits per heavy atom. The molecule has 0 saturated carbocycles. The van der Waals surface area contributed by atoms with Gasteiger partial charge in [0, 0.05) is 38.6 Å². The smallest absolute Gasteiger partial charge is 0.259 e. The van der Waals surface area contributed by atoms with Crippen molar-refractivity contribution in [3.63, 3.8) is 0 Å². The molecule has 0 atom stereocenters. The van der Waals surface area contributed by atoms with Gasteiger partial charge in [-0.05, 0) is 30.8 Å². The Labute approximate surface area is 174 Å². The number of aromatic nitrogens is 1. The summed E-state index contributed by atoms with van der Waals surface area (Å²) < 4.78 is 11.0. The van der Waals surface area contributed by atoms with Gasteiger partial charge in [0.15, 0.2) is 0 Å². The summed E-state index contributed by atoms with van der Waals surface area (Å²) in [5.41, 5.74) is 2.15. The lowest BCUT2D eigenvalue weighted by Gasteiger charge is -2.22. The zero-order chi connectivity index (χ0) is 21.0. The molecule has 1 aromatic carbocycles. The molecule has 1 aromatic heterocycles. The van der Waals surface area contributed by atoms with E-state index >= 15 is 0 Å². The molecule has 2 amide bonds. The van der Waals surface area contributed by atoms with Gasteiger partial charge < -0.3 is 29.6 Å². The van der Waals surface area contributed by atoms with E-state index in [0.29, 0.717) is 54.9 Å². The molecule has 156 valence electrons. The molecule has 0 fully saturated rings. The van der Waals surface area contributed by atoms with Crippen molar-refractivity contribution in [2.24, 2.45) is 0 Å². The minimum absolute atomic E-state index is 0.0381. The van der Waals surface area contributed by atoms with Gasteiger partial charge in [0.05, 0.1) is 18.6 Å². The van der Waals surface area contributed by atoms with Crippen molar-refractivity contribution in [2.75, 3.05) is 52.8 Å². The molecule has 9 heteroatoms. The van der Waals surface area contributed by atoms with E-state index in [4.69, 9.17) is 21.1 Å². The van der Waals surface area contributed by atoms with Crippen molar-refractivity contribution < 1.29 is 19.1 Å². The van der Waals surface area contributed by atoms with Gasteiger partial charge in [-0.1, -0.05) is 11.6 Å². The highest BCUT2D eigenvalue weighted by molar-refractivity contribution is 6.32. The zero-order valence-electron chi connectivity index (χ0n) is 16.8. The van der Waals surface area contributed by atoms with Gasteiger partial charge in [-0.2, -0.15) is 0 Å². The zero-order valence-corrected chi connectivity index (χ0v) is 17.5. The number of likely N-dealkylation sites (N-methyl/N-ethyl adjacent to an activating group) is 2. The lowest BCUT2D eigenvalue weighted by Crippen LogP contribution is -2.36. The first-order chi connectivity index (χ1) is 13.9. The van der Waals surface area contributed by atoms with E-state index < -0.39 is 0 Å². The summed E-state index contributed by atoms with van der Waals surface area (Å²) in [4.78, 5) is 30.6. The molecule has 0 bridgehead atoms. The number of benzene rings is 1. The van der Waals surface area contributed by atoms with Gasteiger partial charge in [0.25, 0.3) is 5.91 Å². The van der Waals surface area contributed by atoms with E-state index in [-0.39, 0.29) is 11.8 Å². The predicted molar refractivity (Wildman–Crippen MR) is 111 cm³/mol. The maximum atomic E-state index is 12.5. The number of carbonyl (C=O) groups excluding carboxylic acids is 2. The fraction of sp³-hybridized carbons (Fsp3) is 0.400. The number of amides is 2. The summed E-state index contributed by atoms with van der Waals surface area (Å²) in [6.45, 7) is 2.37. The Hall–Kier alpha value is -2.71. The molecule has 0 unspecified atom stereocenters. The van der Waals surface area contributed by atoms with Crippen LogP contribution in [0.25, 0.3) is 0 Å². The molecule has 8 nitrogen and oxygen atoms in total. The molecule has 0 radical (unpaired) electrons. The number of aromatic amines is 1. The van der Waals surface area contributed by atoms with Crippen molar-refractivity contribution in [1.82, 2.24) is 14.8 Å². The number of nitrogens with one attached hydrogen (secondary N) is 2. The number of halogens is 1. The number of hydrogen-bond donors (Lipinski definition) is 2. The second-order valence-corrected chi connectivity index (χ2v) is 7.37. The Morgan fingerprint density at radius 1 is 1.24 bits per heavy atom. The monoisotopic (exact) mass is 420 g/mol. The normalized spacial score (nSPS) is 12.7. The molecule has 2 heterocycles. The number of nitrogens with zero attached hydrogens (tertiary/aromatic N) is 2. The van der Waals surface area contributed by atoms with E-state index in [1.54, 1.807) is 30.3 Å². The number of hydrogen-bond acceptors (Lipinski definition) is 5. The third kappa shape index (κ3) is 5.02. The van der Waals surface area contributed by atoms with Crippen LogP contribution in [0.15, 0.2) is 24.4 Å². The lowest BCUT2D eigenvalue weighted by atomic mass is 10.1. The molecule has 2 N–H and O–H groups in total. The molecule has 0 aliphatic carbocycles. The van der Waals surface area contributed by atoms with Crippen LogP contribution in [-0.2, 0) is 11.2 Å². The van der Waals surface area contributed by atoms with Crippen LogP contribution in [0.5, 0.6) is 11.6 Å². The van der Waals surface area contributed by atoms with Gasteiger partial charge in [-0.15, -0.1) is 0 Å². The van der Waals surface area contributed by atoms with Crippen LogP contribution in [0.2, 0.25) is 5.02 Å². The number of H-pyrrole nitrogens is 1. The Kier molecular flexibility index (Phi) is 6.66. The molecular weight excluding hydrogens is 396 g/mol. The lowest BCUT2D eigenvalue weighted by molar-refractivity contribution is -0.115.